The van der Waals surface area contributed by atoms with Crippen molar-refractivity contribution in [3.63, 3.8) is 0 Å². The molecule has 2 nitrogen and oxygen atoms in total. The van der Waals surface area contributed by atoms with Gasteiger partial charge in [0, 0.05) is 5.56 Å². The van der Waals surface area contributed by atoms with Gasteiger partial charge in [-0.3, -0.25) is 0 Å². The first-order valence-electron chi connectivity index (χ1n) is 4.67. The van der Waals surface area contributed by atoms with Crippen molar-refractivity contribution in [3.05, 3.63) is 29.3 Å². The van der Waals surface area contributed by atoms with E-state index in [4.69, 9.17) is 4.74 Å². The first-order chi connectivity index (χ1) is 7.04. The van der Waals surface area contributed by atoms with Crippen LogP contribution in [0.4, 0.5) is 8.78 Å². The van der Waals surface area contributed by atoms with Gasteiger partial charge in [0.15, 0.2) is 0 Å². The number of halogens is 2. The molecule has 1 rings (SSSR count). The van der Waals surface area contributed by atoms with E-state index < -0.39 is 12.5 Å². The molecule has 0 fully saturated rings. The molecule has 1 unspecified atom stereocenters. The third kappa shape index (κ3) is 3.16. The maximum absolute atomic E-state index is 12.6. The Labute approximate surface area is 87.5 Å². The Morgan fingerprint density at radius 1 is 1.40 bits per heavy atom. The minimum absolute atomic E-state index is 0.0447. The van der Waals surface area contributed by atoms with Crippen LogP contribution in [-0.4, -0.2) is 18.3 Å². The van der Waals surface area contributed by atoms with Crippen molar-refractivity contribution in [2.24, 2.45) is 0 Å². The van der Waals surface area contributed by atoms with Gasteiger partial charge in [-0.2, -0.15) is 0 Å². The second kappa shape index (κ2) is 5.07. The molecule has 0 spiro atoms. The van der Waals surface area contributed by atoms with Crippen molar-refractivity contribution in [2.75, 3.05) is 7.11 Å². The highest BCUT2D eigenvalue weighted by Gasteiger charge is 2.14. The van der Waals surface area contributed by atoms with E-state index in [1.165, 1.54) is 25.3 Å². The zero-order valence-electron chi connectivity index (χ0n) is 8.71. The molecule has 0 heterocycles. The number of ether oxygens (including phenoxy) is 1. The highest BCUT2D eigenvalue weighted by molar-refractivity contribution is 5.36. The van der Waals surface area contributed by atoms with Gasteiger partial charge in [0.1, 0.15) is 5.75 Å². The van der Waals surface area contributed by atoms with Crippen LogP contribution in [0.5, 0.6) is 5.75 Å². The first-order valence-corrected chi connectivity index (χ1v) is 4.67. The molecule has 0 radical (unpaired) electrons. The Morgan fingerprint density at radius 2 is 2.07 bits per heavy atom. The van der Waals surface area contributed by atoms with Gasteiger partial charge in [-0.05, 0) is 37.1 Å². The van der Waals surface area contributed by atoms with Crippen LogP contribution in [0, 0.1) is 0 Å². The highest BCUT2D eigenvalue weighted by atomic mass is 19.3. The molecular formula is C11H14F2O2. The molecule has 0 aliphatic rings. The summed E-state index contributed by atoms with van der Waals surface area (Å²) in [5.74, 6) is 0.523. The molecule has 0 aliphatic carbocycles. The maximum atomic E-state index is 12.6. The Bertz CT molecular complexity index is 324. The molecule has 0 saturated heterocycles. The average Bonchev–Trinajstić information content (AvgIpc) is 2.16. The van der Waals surface area contributed by atoms with Crippen LogP contribution in [0.2, 0.25) is 0 Å². The summed E-state index contributed by atoms with van der Waals surface area (Å²) in [6, 6.07) is 4.36. The molecule has 0 bridgehead atoms. The summed E-state index contributed by atoms with van der Waals surface area (Å²) >= 11 is 0. The Balaban J connectivity index is 3.05. The van der Waals surface area contributed by atoms with Crippen LogP contribution in [0.25, 0.3) is 0 Å². The average molecular weight is 216 g/mol. The molecule has 1 atom stereocenters. The van der Waals surface area contributed by atoms with Crippen LogP contribution in [0.15, 0.2) is 18.2 Å². The fourth-order valence-electron chi connectivity index (χ4n) is 1.42. The Morgan fingerprint density at radius 3 is 2.53 bits per heavy atom. The third-order valence-corrected chi connectivity index (χ3v) is 2.10. The molecule has 1 aromatic rings. The lowest BCUT2D eigenvalue weighted by Crippen LogP contribution is -2.07. The number of hydrogen-bond donors (Lipinski definition) is 1. The molecular weight excluding hydrogens is 202 g/mol. The van der Waals surface area contributed by atoms with E-state index in [1.54, 1.807) is 6.92 Å². The molecule has 1 aromatic carbocycles. The van der Waals surface area contributed by atoms with Crippen molar-refractivity contribution in [1.29, 1.82) is 0 Å². The quantitative estimate of drug-likeness (QED) is 0.838. The number of hydrogen-bond acceptors (Lipinski definition) is 2. The van der Waals surface area contributed by atoms with Gasteiger partial charge in [0.05, 0.1) is 13.2 Å². The van der Waals surface area contributed by atoms with Gasteiger partial charge in [-0.1, -0.05) is 0 Å². The van der Waals surface area contributed by atoms with Crippen LogP contribution < -0.4 is 4.74 Å². The zero-order valence-corrected chi connectivity index (χ0v) is 8.71. The van der Waals surface area contributed by atoms with Gasteiger partial charge >= 0.3 is 0 Å². The molecule has 0 aliphatic heterocycles. The largest absolute Gasteiger partial charge is 0.497 e. The van der Waals surface area contributed by atoms with Crippen molar-refractivity contribution >= 4 is 0 Å². The fraction of sp³-hybridized carbons (Fsp3) is 0.455. The number of alkyl halides is 2. The minimum atomic E-state index is -2.52. The van der Waals surface area contributed by atoms with Crippen molar-refractivity contribution in [2.45, 2.75) is 25.9 Å². The predicted molar refractivity (Wildman–Crippen MR) is 53.3 cm³/mol. The molecule has 1 N–H and O–H groups in total. The van der Waals surface area contributed by atoms with Crippen LogP contribution in [-0.2, 0) is 6.42 Å². The fourth-order valence-corrected chi connectivity index (χ4v) is 1.42. The second-order valence-corrected chi connectivity index (χ2v) is 3.42. The number of aliphatic hydroxyl groups excluding tert-OH is 1. The molecule has 15 heavy (non-hydrogen) atoms. The Kier molecular flexibility index (Phi) is 4.03. The minimum Gasteiger partial charge on any atom is -0.497 e. The SMILES string of the molecule is COc1ccc(C(F)F)c(CC(C)O)c1. The summed E-state index contributed by atoms with van der Waals surface area (Å²) in [7, 11) is 1.48. The molecule has 84 valence electrons. The summed E-state index contributed by atoms with van der Waals surface area (Å²) < 4.78 is 30.1. The van der Waals surface area contributed by atoms with Crippen LogP contribution in [0.1, 0.15) is 24.5 Å². The van der Waals surface area contributed by atoms with Gasteiger partial charge in [0.2, 0.25) is 0 Å². The lowest BCUT2D eigenvalue weighted by atomic mass is 10.0. The number of rotatable bonds is 4. The van der Waals surface area contributed by atoms with E-state index in [-0.39, 0.29) is 12.0 Å². The molecule has 4 heteroatoms. The highest BCUT2D eigenvalue weighted by Crippen LogP contribution is 2.27. The molecule has 0 amide bonds. The molecule has 0 saturated carbocycles. The summed E-state index contributed by atoms with van der Waals surface area (Å²) in [6.45, 7) is 1.56. The number of benzene rings is 1. The van der Waals surface area contributed by atoms with E-state index >= 15 is 0 Å². The predicted octanol–water partition coefficient (Wildman–Crippen LogP) is 2.56. The van der Waals surface area contributed by atoms with E-state index in [0.29, 0.717) is 11.3 Å². The van der Waals surface area contributed by atoms with Crippen LogP contribution in [0.3, 0.4) is 0 Å². The maximum Gasteiger partial charge on any atom is 0.264 e. The summed E-state index contributed by atoms with van der Waals surface area (Å²) in [4.78, 5) is 0. The van der Waals surface area contributed by atoms with Gasteiger partial charge < -0.3 is 9.84 Å². The van der Waals surface area contributed by atoms with E-state index in [9.17, 15) is 13.9 Å². The van der Waals surface area contributed by atoms with Crippen LogP contribution >= 0.6 is 0 Å². The number of aliphatic hydroxyl groups is 1. The van der Waals surface area contributed by atoms with Crippen molar-refractivity contribution in [1.82, 2.24) is 0 Å². The summed E-state index contributed by atoms with van der Waals surface area (Å²) in [6.07, 6.45) is -2.96. The smallest absolute Gasteiger partial charge is 0.264 e. The van der Waals surface area contributed by atoms with E-state index in [1.807, 2.05) is 0 Å². The van der Waals surface area contributed by atoms with Gasteiger partial charge in [-0.25, -0.2) is 8.78 Å². The lowest BCUT2D eigenvalue weighted by molar-refractivity contribution is 0.147. The summed E-state index contributed by atoms with van der Waals surface area (Å²) in [5.41, 5.74) is 0.385. The zero-order chi connectivity index (χ0) is 11.4. The second-order valence-electron chi connectivity index (χ2n) is 3.42. The van der Waals surface area contributed by atoms with Gasteiger partial charge in [0.25, 0.3) is 6.43 Å². The molecule has 0 aromatic heterocycles. The summed E-state index contributed by atoms with van der Waals surface area (Å²) in [5, 5.41) is 9.19. The van der Waals surface area contributed by atoms with Crippen molar-refractivity contribution < 1.29 is 18.6 Å². The van der Waals surface area contributed by atoms with E-state index in [0.717, 1.165) is 0 Å². The third-order valence-electron chi connectivity index (χ3n) is 2.10. The Hall–Kier alpha value is -1.16. The normalized spacial score (nSPS) is 12.9. The topological polar surface area (TPSA) is 29.5 Å². The number of methoxy groups -OCH3 is 1. The lowest BCUT2D eigenvalue weighted by Gasteiger charge is -2.12. The monoisotopic (exact) mass is 216 g/mol. The van der Waals surface area contributed by atoms with E-state index in [2.05, 4.69) is 0 Å². The standard InChI is InChI=1S/C11H14F2O2/c1-7(14)5-8-6-9(15-2)3-4-10(8)11(12)13/h3-4,6-7,11,14H,5H2,1-2H3. The first kappa shape index (κ1) is 11.9. The van der Waals surface area contributed by atoms with Gasteiger partial charge in [-0.15, -0.1) is 0 Å². The van der Waals surface area contributed by atoms with Crippen molar-refractivity contribution in [3.8, 4) is 5.75 Å².